The van der Waals surface area contributed by atoms with E-state index < -0.39 is 97.5 Å². The Morgan fingerprint density at radius 3 is 0.636 bits per heavy atom. The van der Waals surface area contributed by atoms with Crippen molar-refractivity contribution in [3.8, 4) is 0 Å². The molecule has 17 nitrogen and oxygen atoms in total. The summed E-state index contributed by atoms with van der Waals surface area (Å²) >= 11 is 0. The molecule has 0 radical (unpaired) electrons. The Labute approximate surface area is 658 Å². The topological polar surface area (TPSA) is 237 Å². The second-order valence-electron chi connectivity index (χ2n) is 32.6. The van der Waals surface area contributed by atoms with Gasteiger partial charge in [-0.3, -0.25) is 37.3 Å². The monoisotopic (exact) mass is 1560 g/mol. The van der Waals surface area contributed by atoms with Gasteiger partial charge in [0.1, 0.15) is 19.3 Å². The van der Waals surface area contributed by atoms with Crippen molar-refractivity contribution < 1.29 is 80.2 Å². The van der Waals surface area contributed by atoms with Crippen LogP contribution in [0.1, 0.15) is 472 Å². The fourth-order valence-electron chi connectivity index (χ4n) is 13.8. The summed E-state index contributed by atoms with van der Waals surface area (Å²) in [5.41, 5.74) is 0. The number of rotatable bonds is 87. The lowest BCUT2D eigenvalue weighted by Crippen LogP contribution is -2.30. The van der Waals surface area contributed by atoms with Crippen molar-refractivity contribution in [2.75, 3.05) is 39.6 Å². The maximum atomic E-state index is 13.2. The van der Waals surface area contributed by atoms with E-state index in [2.05, 4.69) is 41.5 Å². The lowest BCUT2D eigenvalue weighted by Gasteiger charge is -2.21. The SMILES string of the molecule is CCCCCCCCCCCCCCCCCCCCCCC(=O)OC[C@H](COP(=O)(O)OC[C@@H](O)COP(=O)(O)OC[C@@H](COC(=O)CCCCCCCCC(C)C)OC(=O)CCCCCCCCCCCCCCCCCC(C)C)OC(=O)CCCCCCCCCCCCCCCCCCCCCC. The van der Waals surface area contributed by atoms with E-state index in [9.17, 15) is 43.2 Å². The van der Waals surface area contributed by atoms with Crippen LogP contribution in [-0.2, 0) is 65.4 Å². The molecule has 2 unspecified atom stereocenters. The zero-order chi connectivity index (χ0) is 78.5. The van der Waals surface area contributed by atoms with Crippen molar-refractivity contribution in [3.63, 3.8) is 0 Å². The van der Waals surface area contributed by atoms with Gasteiger partial charge in [-0.15, -0.1) is 0 Å². The van der Waals surface area contributed by atoms with E-state index in [1.54, 1.807) is 0 Å². The Bertz CT molecular complexity index is 2050. The average molecular weight is 1560 g/mol. The summed E-state index contributed by atoms with van der Waals surface area (Å²) in [6.07, 6.45) is 72.5. The van der Waals surface area contributed by atoms with Crippen LogP contribution in [0.4, 0.5) is 0 Å². The standard InChI is InChI=1S/C88H172O17P2/c1-7-9-11-13-15-17-19-21-23-25-27-29-31-35-39-43-47-51-58-64-70-85(90)98-76-83(104-87(92)72-66-60-52-48-44-40-36-32-30-28-26-24-22-20-18-16-14-12-10-8-2)78-102-106(94,95)100-74-82(89)75-101-107(96,97)103-79-84(77-99-86(91)71-65-59-55-54-57-63-69-81(5)6)105-88(93)73-67-61-53-49-45-41-37-33-34-38-42-46-50-56-62-68-80(3)4/h80-84,89H,7-79H2,1-6H3,(H,94,95)(H,96,97)/t82-,83-,84-/m1/s1. The Morgan fingerprint density at radius 1 is 0.252 bits per heavy atom. The molecule has 0 amide bonds. The van der Waals surface area contributed by atoms with Crippen LogP contribution in [0.3, 0.4) is 0 Å². The molecular formula is C88H172O17P2. The number of ether oxygens (including phenoxy) is 4. The van der Waals surface area contributed by atoms with Crippen molar-refractivity contribution in [2.24, 2.45) is 11.8 Å². The van der Waals surface area contributed by atoms with E-state index in [1.807, 2.05) is 0 Å². The number of phosphoric acid groups is 2. The predicted molar refractivity (Wildman–Crippen MR) is 442 cm³/mol. The molecule has 0 aliphatic rings. The maximum Gasteiger partial charge on any atom is 0.472 e. The van der Waals surface area contributed by atoms with Crippen LogP contribution in [0.2, 0.25) is 0 Å². The van der Waals surface area contributed by atoms with Gasteiger partial charge in [-0.05, 0) is 37.5 Å². The third-order valence-electron chi connectivity index (χ3n) is 20.7. The van der Waals surface area contributed by atoms with Gasteiger partial charge in [0.15, 0.2) is 12.2 Å². The molecule has 0 fully saturated rings. The summed E-state index contributed by atoms with van der Waals surface area (Å²) < 4.78 is 68.9. The van der Waals surface area contributed by atoms with Gasteiger partial charge < -0.3 is 33.8 Å². The number of carbonyl (C=O) groups is 4. The molecule has 5 atom stereocenters. The highest BCUT2D eigenvalue weighted by Crippen LogP contribution is 2.45. The number of aliphatic hydroxyl groups excluding tert-OH is 1. The number of carbonyl (C=O) groups excluding carboxylic acids is 4. The van der Waals surface area contributed by atoms with Crippen LogP contribution < -0.4 is 0 Å². The van der Waals surface area contributed by atoms with Crippen LogP contribution in [-0.4, -0.2) is 96.7 Å². The minimum absolute atomic E-state index is 0.107. The first kappa shape index (κ1) is 105. The predicted octanol–water partition coefficient (Wildman–Crippen LogP) is 27.0. The molecule has 0 aromatic rings. The van der Waals surface area contributed by atoms with Crippen molar-refractivity contribution in [1.82, 2.24) is 0 Å². The van der Waals surface area contributed by atoms with Crippen LogP contribution in [0.25, 0.3) is 0 Å². The van der Waals surface area contributed by atoms with E-state index >= 15 is 0 Å². The second kappa shape index (κ2) is 79.3. The molecule has 0 saturated heterocycles. The van der Waals surface area contributed by atoms with Crippen molar-refractivity contribution >= 4 is 39.5 Å². The lowest BCUT2D eigenvalue weighted by molar-refractivity contribution is -0.161. The normalized spacial score (nSPS) is 13.8. The molecule has 3 N–H and O–H groups in total. The number of hydrogen-bond donors (Lipinski definition) is 3. The number of esters is 4. The van der Waals surface area contributed by atoms with E-state index in [0.717, 1.165) is 102 Å². The second-order valence-corrected chi connectivity index (χ2v) is 35.5. The van der Waals surface area contributed by atoms with Crippen LogP contribution >= 0.6 is 15.6 Å². The molecule has 0 aliphatic carbocycles. The summed E-state index contributed by atoms with van der Waals surface area (Å²) in [5.74, 6) is -0.621. The fourth-order valence-corrected chi connectivity index (χ4v) is 15.4. The molecule has 0 aromatic heterocycles. The molecule has 0 aliphatic heterocycles. The smallest absolute Gasteiger partial charge is 0.462 e. The molecule has 636 valence electrons. The van der Waals surface area contributed by atoms with Crippen molar-refractivity contribution in [3.05, 3.63) is 0 Å². The largest absolute Gasteiger partial charge is 0.472 e. The first-order chi connectivity index (χ1) is 51.9. The fraction of sp³-hybridized carbons (Fsp3) is 0.955. The Hall–Kier alpha value is -1.94. The van der Waals surface area contributed by atoms with E-state index in [1.165, 1.54) is 283 Å². The maximum absolute atomic E-state index is 13.2. The number of aliphatic hydroxyl groups is 1. The minimum atomic E-state index is -4.97. The van der Waals surface area contributed by atoms with Crippen molar-refractivity contribution in [1.29, 1.82) is 0 Å². The van der Waals surface area contributed by atoms with Gasteiger partial charge in [0.25, 0.3) is 0 Å². The molecule has 107 heavy (non-hydrogen) atoms. The van der Waals surface area contributed by atoms with Gasteiger partial charge in [0, 0.05) is 25.7 Å². The molecule has 19 heteroatoms. The highest BCUT2D eigenvalue weighted by molar-refractivity contribution is 7.47. The lowest BCUT2D eigenvalue weighted by atomic mass is 10.0. The van der Waals surface area contributed by atoms with Gasteiger partial charge in [-0.1, -0.05) is 420 Å². The molecule has 0 bridgehead atoms. The van der Waals surface area contributed by atoms with Crippen molar-refractivity contribution in [2.45, 2.75) is 490 Å². The van der Waals surface area contributed by atoms with Crippen LogP contribution in [0.5, 0.6) is 0 Å². The van der Waals surface area contributed by atoms with E-state index in [-0.39, 0.29) is 25.7 Å². The van der Waals surface area contributed by atoms with Gasteiger partial charge in [0.05, 0.1) is 26.4 Å². The van der Waals surface area contributed by atoms with E-state index in [0.29, 0.717) is 31.6 Å². The summed E-state index contributed by atoms with van der Waals surface area (Å²) in [6.45, 7) is 9.62. The minimum Gasteiger partial charge on any atom is -0.462 e. The quantitative estimate of drug-likeness (QED) is 0.0222. The Balaban J connectivity index is 5.20. The molecule has 0 spiro atoms. The highest BCUT2D eigenvalue weighted by Gasteiger charge is 2.30. The van der Waals surface area contributed by atoms with Gasteiger partial charge >= 0.3 is 39.5 Å². The third kappa shape index (κ3) is 81.9. The van der Waals surface area contributed by atoms with Crippen LogP contribution in [0, 0.1) is 11.8 Å². The Kier molecular flexibility index (Phi) is 77.9. The molecule has 0 heterocycles. The third-order valence-corrected chi connectivity index (χ3v) is 22.6. The summed E-state index contributed by atoms with van der Waals surface area (Å²) in [5, 5.41) is 10.7. The summed E-state index contributed by atoms with van der Waals surface area (Å²) in [7, 11) is -9.93. The number of unbranched alkanes of at least 4 members (excludes halogenated alkanes) is 57. The first-order valence-electron chi connectivity index (χ1n) is 45.5. The summed E-state index contributed by atoms with van der Waals surface area (Å²) in [4.78, 5) is 73.2. The average Bonchev–Trinajstić information content (AvgIpc) is 0.906. The first-order valence-corrected chi connectivity index (χ1v) is 48.5. The molecule has 0 aromatic carbocycles. The number of phosphoric ester groups is 2. The molecule has 0 saturated carbocycles. The Morgan fingerprint density at radius 2 is 0.430 bits per heavy atom. The van der Waals surface area contributed by atoms with Crippen LogP contribution in [0.15, 0.2) is 0 Å². The highest BCUT2D eigenvalue weighted by atomic mass is 31.2. The molecular weight excluding hydrogens is 1390 g/mol. The van der Waals surface area contributed by atoms with Gasteiger partial charge in [-0.2, -0.15) is 0 Å². The zero-order valence-corrected chi connectivity index (χ0v) is 72.2. The number of hydrogen-bond acceptors (Lipinski definition) is 15. The summed E-state index contributed by atoms with van der Waals surface area (Å²) in [6, 6.07) is 0. The van der Waals surface area contributed by atoms with Gasteiger partial charge in [0.2, 0.25) is 0 Å². The van der Waals surface area contributed by atoms with Gasteiger partial charge in [-0.25, -0.2) is 9.13 Å². The zero-order valence-electron chi connectivity index (χ0n) is 70.5. The molecule has 0 rings (SSSR count). The van der Waals surface area contributed by atoms with E-state index in [4.69, 9.17) is 37.0 Å².